The summed E-state index contributed by atoms with van der Waals surface area (Å²) in [4.78, 5) is 9.89. The van der Waals surface area contributed by atoms with Gasteiger partial charge in [-0.05, 0) is 0 Å². The highest BCUT2D eigenvalue weighted by atomic mass is 16.6. The number of aliphatic carboxylic acids is 1. The molecule has 4 nitrogen and oxygen atoms in total. The molecule has 1 heterocycles. The minimum absolute atomic E-state index is 0.197. The number of rotatable bonds is 2. The Morgan fingerprint density at radius 2 is 2.38 bits per heavy atom. The predicted octanol–water partition coefficient (Wildman–Crippen LogP) is -1.17. The maximum atomic E-state index is 9.89. The van der Waals surface area contributed by atoms with Crippen molar-refractivity contribution < 1.29 is 19.7 Å². The second-order valence-corrected chi connectivity index (χ2v) is 1.62. The lowest BCUT2D eigenvalue weighted by molar-refractivity contribution is -0.138. The Morgan fingerprint density at radius 3 is 2.50 bits per heavy atom. The van der Waals surface area contributed by atoms with E-state index in [-0.39, 0.29) is 6.61 Å². The highest BCUT2D eigenvalue weighted by molar-refractivity contribution is 5.75. The Hall–Kier alpha value is -0.610. The average Bonchev–Trinajstić information content (AvgIpc) is 2.42. The minimum Gasteiger partial charge on any atom is -0.479 e. The third-order valence-corrected chi connectivity index (χ3v) is 1.01. The molecule has 1 aliphatic heterocycles. The van der Waals surface area contributed by atoms with E-state index in [1.165, 1.54) is 0 Å². The molecule has 0 saturated carbocycles. The fourth-order valence-electron chi connectivity index (χ4n) is 0.499. The molecule has 4 heteroatoms. The summed E-state index contributed by atoms with van der Waals surface area (Å²) in [5.74, 6) is -0.996. The number of carboxylic acid groups (broad SMARTS) is 1. The van der Waals surface area contributed by atoms with Crippen molar-refractivity contribution >= 4 is 5.97 Å². The van der Waals surface area contributed by atoms with E-state index in [0.717, 1.165) is 0 Å². The van der Waals surface area contributed by atoms with Gasteiger partial charge in [0.2, 0.25) is 0 Å². The molecule has 2 N–H and O–H groups in total. The van der Waals surface area contributed by atoms with Crippen molar-refractivity contribution in [2.45, 2.75) is 12.2 Å². The van der Waals surface area contributed by atoms with Gasteiger partial charge in [-0.15, -0.1) is 0 Å². The molecule has 0 bridgehead atoms. The second-order valence-electron chi connectivity index (χ2n) is 1.62. The summed E-state index contributed by atoms with van der Waals surface area (Å²) in [5, 5.41) is 16.4. The quantitative estimate of drug-likeness (QED) is 0.448. The Bertz CT molecular complexity index is 111. The number of epoxide rings is 1. The summed E-state index contributed by atoms with van der Waals surface area (Å²) >= 11 is 0. The van der Waals surface area contributed by atoms with Crippen LogP contribution < -0.4 is 0 Å². The SMILES string of the molecule is O=C(O)[C@H]1O[C@H]1CO. The maximum Gasteiger partial charge on any atom is 0.335 e. The smallest absolute Gasteiger partial charge is 0.335 e. The van der Waals surface area contributed by atoms with E-state index in [1.807, 2.05) is 0 Å². The van der Waals surface area contributed by atoms with Crippen molar-refractivity contribution in [1.82, 2.24) is 0 Å². The maximum absolute atomic E-state index is 9.89. The van der Waals surface area contributed by atoms with Crippen LogP contribution in [0.2, 0.25) is 0 Å². The molecule has 2 atom stereocenters. The Kier molecular flexibility index (Phi) is 1.19. The van der Waals surface area contributed by atoms with Gasteiger partial charge in [0.05, 0.1) is 6.61 Å². The molecule has 1 saturated heterocycles. The zero-order valence-corrected chi connectivity index (χ0v) is 4.07. The summed E-state index contributed by atoms with van der Waals surface area (Å²) in [5.41, 5.74) is 0. The molecule has 0 aromatic carbocycles. The number of aliphatic hydroxyl groups is 1. The van der Waals surface area contributed by atoms with E-state index in [9.17, 15) is 4.79 Å². The lowest BCUT2D eigenvalue weighted by Crippen LogP contribution is -2.09. The Labute approximate surface area is 45.7 Å². The first-order valence-corrected chi connectivity index (χ1v) is 2.25. The topological polar surface area (TPSA) is 70.1 Å². The van der Waals surface area contributed by atoms with Gasteiger partial charge < -0.3 is 14.9 Å². The molecular formula is C4H6O4. The highest BCUT2D eigenvalue weighted by Gasteiger charge is 2.44. The van der Waals surface area contributed by atoms with Crippen molar-refractivity contribution in [1.29, 1.82) is 0 Å². The lowest BCUT2D eigenvalue weighted by atomic mass is 10.3. The minimum atomic E-state index is -0.996. The van der Waals surface area contributed by atoms with Gasteiger partial charge in [-0.25, -0.2) is 4.79 Å². The van der Waals surface area contributed by atoms with Crippen LogP contribution in [0.15, 0.2) is 0 Å². The van der Waals surface area contributed by atoms with Crippen LogP contribution in [0.5, 0.6) is 0 Å². The molecule has 0 radical (unpaired) electrons. The van der Waals surface area contributed by atoms with Crippen molar-refractivity contribution in [3.8, 4) is 0 Å². The molecule has 0 aromatic heterocycles. The van der Waals surface area contributed by atoms with Crippen LogP contribution in [0.4, 0.5) is 0 Å². The Balaban J connectivity index is 2.26. The zero-order chi connectivity index (χ0) is 6.15. The van der Waals surface area contributed by atoms with Gasteiger partial charge in [-0.1, -0.05) is 0 Å². The zero-order valence-electron chi connectivity index (χ0n) is 4.07. The fourth-order valence-corrected chi connectivity index (χ4v) is 0.499. The van der Waals surface area contributed by atoms with Crippen LogP contribution in [-0.4, -0.2) is 35.0 Å². The summed E-state index contributed by atoms with van der Waals surface area (Å²) in [6.07, 6.45) is -1.20. The number of carboxylic acids is 1. The molecule has 1 fully saturated rings. The molecule has 46 valence electrons. The van der Waals surface area contributed by atoms with Crippen LogP contribution in [-0.2, 0) is 9.53 Å². The van der Waals surface area contributed by atoms with Crippen LogP contribution in [0, 0.1) is 0 Å². The largest absolute Gasteiger partial charge is 0.479 e. The summed E-state index contributed by atoms with van der Waals surface area (Å²) in [7, 11) is 0. The standard InChI is InChI=1S/C4H6O4/c5-1-2-3(8-2)4(6)7/h2-3,5H,1H2,(H,6,7)/t2-,3-/m0/s1. The van der Waals surface area contributed by atoms with E-state index in [2.05, 4.69) is 4.74 Å². The van der Waals surface area contributed by atoms with E-state index in [4.69, 9.17) is 10.2 Å². The number of hydrogen-bond acceptors (Lipinski definition) is 3. The van der Waals surface area contributed by atoms with Crippen LogP contribution in [0.3, 0.4) is 0 Å². The highest BCUT2D eigenvalue weighted by Crippen LogP contribution is 2.20. The van der Waals surface area contributed by atoms with Crippen molar-refractivity contribution in [2.24, 2.45) is 0 Å². The van der Waals surface area contributed by atoms with Crippen molar-refractivity contribution in [3.63, 3.8) is 0 Å². The monoisotopic (exact) mass is 118 g/mol. The molecule has 0 amide bonds. The molecule has 0 spiro atoms. The molecule has 0 aliphatic carbocycles. The average molecular weight is 118 g/mol. The molecule has 0 unspecified atom stereocenters. The van der Waals surface area contributed by atoms with Gasteiger partial charge in [0, 0.05) is 0 Å². The molecule has 1 aliphatic rings. The van der Waals surface area contributed by atoms with Gasteiger partial charge in [-0.2, -0.15) is 0 Å². The number of hydrogen-bond donors (Lipinski definition) is 2. The first-order chi connectivity index (χ1) is 3.75. The van der Waals surface area contributed by atoms with Gasteiger partial charge in [-0.3, -0.25) is 0 Å². The van der Waals surface area contributed by atoms with Gasteiger partial charge in [0.1, 0.15) is 6.10 Å². The van der Waals surface area contributed by atoms with Crippen LogP contribution in [0.25, 0.3) is 0 Å². The lowest BCUT2D eigenvalue weighted by Gasteiger charge is -1.78. The Morgan fingerprint density at radius 1 is 1.75 bits per heavy atom. The van der Waals surface area contributed by atoms with E-state index in [1.54, 1.807) is 0 Å². The second kappa shape index (κ2) is 1.72. The number of carbonyl (C=O) groups is 1. The van der Waals surface area contributed by atoms with Gasteiger partial charge >= 0.3 is 5.97 Å². The fraction of sp³-hybridized carbons (Fsp3) is 0.750. The molecule has 1 rings (SSSR count). The van der Waals surface area contributed by atoms with E-state index in [0.29, 0.717) is 0 Å². The van der Waals surface area contributed by atoms with Crippen molar-refractivity contribution in [3.05, 3.63) is 0 Å². The van der Waals surface area contributed by atoms with E-state index >= 15 is 0 Å². The van der Waals surface area contributed by atoms with E-state index < -0.39 is 18.2 Å². The summed E-state index contributed by atoms with van der Waals surface area (Å²) in [6.45, 7) is -0.197. The number of ether oxygens (including phenoxy) is 1. The van der Waals surface area contributed by atoms with Gasteiger partial charge in [0.15, 0.2) is 6.10 Å². The predicted molar refractivity (Wildman–Crippen MR) is 23.4 cm³/mol. The van der Waals surface area contributed by atoms with Gasteiger partial charge in [0.25, 0.3) is 0 Å². The molecule has 8 heavy (non-hydrogen) atoms. The number of aliphatic hydroxyl groups excluding tert-OH is 1. The van der Waals surface area contributed by atoms with Crippen LogP contribution in [0.1, 0.15) is 0 Å². The summed E-state index contributed by atoms with van der Waals surface area (Å²) in [6, 6.07) is 0. The molecular weight excluding hydrogens is 112 g/mol. The normalized spacial score (nSPS) is 34.6. The first kappa shape index (κ1) is 5.53. The van der Waals surface area contributed by atoms with Crippen molar-refractivity contribution in [2.75, 3.05) is 6.61 Å². The first-order valence-electron chi connectivity index (χ1n) is 2.25. The third-order valence-electron chi connectivity index (χ3n) is 1.01. The van der Waals surface area contributed by atoms with Crippen LogP contribution >= 0.6 is 0 Å². The third kappa shape index (κ3) is 0.801. The summed E-state index contributed by atoms with van der Waals surface area (Å²) < 4.78 is 4.48. The molecule has 0 aromatic rings.